The fourth-order valence-corrected chi connectivity index (χ4v) is 3.18. The van der Waals surface area contributed by atoms with Gasteiger partial charge in [0.25, 0.3) is 5.69 Å². The fraction of sp³-hybridized carbons (Fsp3) is 0.615. The lowest BCUT2D eigenvalue weighted by Crippen LogP contribution is -2.41. The molecule has 1 unspecified atom stereocenters. The van der Waals surface area contributed by atoms with Crippen molar-refractivity contribution in [1.29, 1.82) is 0 Å². The fourth-order valence-electron chi connectivity index (χ4n) is 2.17. The number of nitrogens with one attached hydrogen (secondary N) is 1. The molecule has 20 heavy (non-hydrogen) atoms. The van der Waals surface area contributed by atoms with Crippen LogP contribution in [-0.2, 0) is 0 Å². The van der Waals surface area contributed by atoms with E-state index in [1.165, 1.54) is 6.07 Å². The topological polar surface area (TPSA) is 71.3 Å². The van der Waals surface area contributed by atoms with Crippen LogP contribution in [0.3, 0.4) is 0 Å². The van der Waals surface area contributed by atoms with Gasteiger partial charge in [-0.3, -0.25) is 10.1 Å². The van der Waals surface area contributed by atoms with Crippen LogP contribution in [-0.4, -0.2) is 40.5 Å². The molecule has 1 N–H and O–H groups in total. The van der Waals surface area contributed by atoms with Crippen LogP contribution >= 0.6 is 11.8 Å². The van der Waals surface area contributed by atoms with Gasteiger partial charge < -0.3 is 10.2 Å². The predicted molar refractivity (Wildman–Crippen MR) is 83.8 cm³/mol. The largest absolute Gasteiger partial charge is 0.370 e. The van der Waals surface area contributed by atoms with E-state index in [9.17, 15) is 10.1 Å². The van der Waals surface area contributed by atoms with Crippen LogP contribution in [0.2, 0.25) is 0 Å². The van der Waals surface area contributed by atoms with E-state index >= 15 is 0 Å². The third kappa shape index (κ3) is 3.53. The van der Waals surface area contributed by atoms with Gasteiger partial charge in [0.2, 0.25) is 0 Å². The molecular weight excluding hydrogens is 276 g/mol. The normalized spacial score (nSPS) is 18.9. The number of rotatable bonds is 5. The van der Waals surface area contributed by atoms with Gasteiger partial charge in [-0.15, -0.1) is 0 Å². The van der Waals surface area contributed by atoms with Crippen LogP contribution in [0.1, 0.15) is 20.3 Å². The van der Waals surface area contributed by atoms with Gasteiger partial charge in [-0.25, -0.2) is 4.98 Å². The zero-order chi connectivity index (χ0) is 14.5. The van der Waals surface area contributed by atoms with Gasteiger partial charge in [0, 0.05) is 30.6 Å². The SMILES string of the molecule is CCCNc1cc([N+](=O)[O-])cc(N2CCSCC2C)n1. The molecule has 0 amide bonds. The first-order valence-electron chi connectivity index (χ1n) is 6.86. The first-order valence-corrected chi connectivity index (χ1v) is 8.02. The molecule has 2 rings (SSSR count). The smallest absolute Gasteiger partial charge is 0.276 e. The van der Waals surface area contributed by atoms with E-state index in [1.54, 1.807) is 6.07 Å². The molecule has 110 valence electrons. The van der Waals surface area contributed by atoms with Crippen LogP contribution in [0.15, 0.2) is 12.1 Å². The predicted octanol–water partition coefficient (Wildman–Crippen LogP) is 2.75. The highest BCUT2D eigenvalue weighted by atomic mass is 32.2. The number of aromatic nitrogens is 1. The molecule has 1 aliphatic rings. The van der Waals surface area contributed by atoms with Gasteiger partial charge in [0.1, 0.15) is 11.6 Å². The lowest BCUT2D eigenvalue weighted by Gasteiger charge is -2.34. The van der Waals surface area contributed by atoms with Crippen molar-refractivity contribution >= 4 is 29.1 Å². The quantitative estimate of drug-likeness (QED) is 0.665. The van der Waals surface area contributed by atoms with Crippen molar-refractivity contribution in [3.05, 3.63) is 22.2 Å². The van der Waals surface area contributed by atoms with Crippen molar-refractivity contribution in [1.82, 2.24) is 4.98 Å². The lowest BCUT2D eigenvalue weighted by molar-refractivity contribution is -0.384. The van der Waals surface area contributed by atoms with Crippen molar-refractivity contribution in [3.8, 4) is 0 Å². The Kier molecular flexibility index (Phi) is 5.05. The summed E-state index contributed by atoms with van der Waals surface area (Å²) >= 11 is 1.91. The number of nitro groups is 1. The van der Waals surface area contributed by atoms with Crippen LogP contribution in [0, 0.1) is 10.1 Å². The third-order valence-corrected chi connectivity index (χ3v) is 4.41. The highest BCUT2D eigenvalue weighted by Crippen LogP contribution is 2.27. The second kappa shape index (κ2) is 6.78. The van der Waals surface area contributed by atoms with Gasteiger partial charge in [0.15, 0.2) is 0 Å². The van der Waals surface area contributed by atoms with Gasteiger partial charge in [0.05, 0.1) is 17.1 Å². The first-order chi connectivity index (χ1) is 9.61. The van der Waals surface area contributed by atoms with Gasteiger partial charge >= 0.3 is 0 Å². The molecule has 0 bridgehead atoms. The van der Waals surface area contributed by atoms with Crippen LogP contribution in [0.25, 0.3) is 0 Å². The minimum atomic E-state index is -0.355. The number of anilines is 2. The molecule has 1 aromatic heterocycles. The number of pyridine rings is 1. The van der Waals surface area contributed by atoms with Crippen molar-refractivity contribution in [2.45, 2.75) is 26.3 Å². The van der Waals surface area contributed by atoms with Gasteiger partial charge in [-0.2, -0.15) is 11.8 Å². The van der Waals surface area contributed by atoms with Crippen molar-refractivity contribution in [2.24, 2.45) is 0 Å². The minimum absolute atomic E-state index is 0.0963. The highest BCUT2D eigenvalue weighted by Gasteiger charge is 2.22. The number of hydrogen-bond acceptors (Lipinski definition) is 6. The molecule has 1 fully saturated rings. The summed E-state index contributed by atoms with van der Waals surface area (Å²) in [5, 5.41) is 14.2. The number of nitrogens with zero attached hydrogens (tertiary/aromatic N) is 3. The molecule has 0 saturated carbocycles. The molecule has 2 heterocycles. The molecule has 1 saturated heterocycles. The van der Waals surface area contributed by atoms with E-state index in [4.69, 9.17) is 0 Å². The van der Waals surface area contributed by atoms with Crippen LogP contribution in [0.5, 0.6) is 0 Å². The second-order valence-electron chi connectivity index (χ2n) is 4.87. The summed E-state index contributed by atoms with van der Waals surface area (Å²) in [5.74, 6) is 3.35. The van der Waals surface area contributed by atoms with Gasteiger partial charge in [-0.05, 0) is 13.3 Å². The molecule has 0 spiro atoms. The maximum absolute atomic E-state index is 11.1. The van der Waals surface area contributed by atoms with Crippen molar-refractivity contribution in [2.75, 3.05) is 34.8 Å². The molecule has 0 aliphatic carbocycles. The van der Waals surface area contributed by atoms with Crippen molar-refractivity contribution < 1.29 is 4.92 Å². The second-order valence-corrected chi connectivity index (χ2v) is 6.02. The van der Waals surface area contributed by atoms with Crippen LogP contribution < -0.4 is 10.2 Å². The molecule has 0 aromatic carbocycles. The molecule has 6 nitrogen and oxygen atoms in total. The Morgan fingerprint density at radius 1 is 1.60 bits per heavy atom. The summed E-state index contributed by atoms with van der Waals surface area (Å²) in [6, 6.07) is 3.42. The van der Waals surface area contributed by atoms with E-state index in [0.717, 1.165) is 31.0 Å². The molecule has 1 atom stereocenters. The Labute approximate surface area is 123 Å². The first kappa shape index (κ1) is 14.9. The summed E-state index contributed by atoms with van der Waals surface area (Å²) in [6.45, 7) is 5.83. The number of thioether (sulfide) groups is 1. The third-order valence-electron chi connectivity index (χ3n) is 3.23. The summed E-state index contributed by atoms with van der Waals surface area (Å²) in [7, 11) is 0. The standard InChI is InChI=1S/C13H20N4O2S/c1-3-4-14-12-7-11(17(18)19)8-13(15-12)16-5-6-20-9-10(16)2/h7-8,10H,3-6,9H2,1-2H3,(H,14,15). The lowest BCUT2D eigenvalue weighted by atomic mass is 10.2. The summed E-state index contributed by atoms with van der Waals surface area (Å²) in [6.07, 6.45) is 0.955. The Hall–Kier alpha value is -1.50. The van der Waals surface area contributed by atoms with E-state index in [1.807, 2.05) is 11.8 Å². The Morgan fingerprint density at radius 3 is 3.05 bits per heavy atom. The zero-order valence-corrected chi connectivity index (χ0v) is 12.7. The average Bonchev–Trinajstić information content (AvgIpc) is 2.45. The zero-order valence-electron chi connectivity index (χ0n) is 11.8. The van der Waals surface area contributed by atoms with E-state index in [0.29, 0.717) is 17.7 Å². The molecule has 1 aliphatic heterocycles. The van der Waals surface area contributed by atoms with E-state index in [2.05, 4.69) is 29.0 Å². The summed E-state index contributed by atoms with van der Waals surface area (Å²) < 4.78 is 0. The number of hydrogen-bond donors (Lipinski definition) is 1. The average molecular weight is 296 g/mol. The summed E-state index contributed by atoms with van der Waals surface area (Å²) in [4.78, 5) is 17.4. The molecule has 0 radical (unpaired) electrons. The molecule has 1 aromatic rings. The monoisotopic (exact) mass is 296 g/mol. The maximum Gasteiger partial charge on any atom is 0.276 e. The van der Waals surface area contributed by atoms with E-state index in [-0.39, 0.29) is 10.6 Å². The summed E-state index contributed by atoms with van der Waals surface area (Å²) in [5.41, 5.74) is 0.0963. The van der Waals surface area contributed by atoms with E-state index < -0.39 is 0 Å². The molecular formula is C13H20N4O2S. The minimum Gasteiger partial charge on any atom is -0.370 e. The molecule has 7 heteroatoms. The Bertz CT molecular complexity index is 483. The van der Waals surface area contributed by atoms with Gasteiger partial charge in [-0.1, -0.05) is 6.92 Å². The van der Waals surface area contributed by atoms with Crippen LogP contribution in [0.4, 0.5) is 17.3 Å². The highest BCUT2D eigenvalue weighted by molar-refractivity contribution is 7.99. The Morgan fingerprint density at radius 2 is 2.40 bits per heavy atom. The van der Waals surface area contributed by atoms with Crippen molar-refractivity contribution in [3.63, 3.8) is 0 Å². The Balaban J connectivity index is 2.30. The maximum atomic E-state index is 11.1.